The van der Waals surface area contributed by atoms with E-state index in [1.807, 2.05) is 25.1 Å². The number of rotatable bonds is 7. The van der Waals surface area contributed by atoms with Gasteiger partial charge in [-0.2, -0.15) is 0 Å². The van der Waals surface area contributed by atoms with Crippen LogP contribution >= 0.6 is 35.0 Å². The van der Waals surface area contributed by atoms with E-state index in [9.17, 15) is 4.79 Å². The minimum Gasteiger partial charge on any atom is -0.482 e. The molecular weight excluding hydrogens is 419 g/mol. The Morgan fingerprint density at radius 3 is 2.61 bits per heavy atom. The number of carbonyl (C=O) groups is 1. The Morgan fingerprint density at radius 2 is 1.93 bits per heavy atom. The number of carboxylic acid groups (broad SMARTS) is 1. The van der Waals surface area contributed by atoms with Gasteiger partial charge in [0, 0.05) is 16.8 Å². The van der Waals surface area contributed by atoms with Crippen molar-refractivity contribution in [1.29, 1.82) is 0 Å². The second-order valence-corrected chi connectivity index (χ2v) is 7.73. The fourth-order valence-electron chi connectivity index (χ4n) is 2.48. The molecule has 0 aliphatic carbocycles. The smallest absolute Gasteiger partial charge is 0.341 e. The number of aliphatic carboxylic acids is 1. The first-order valence-corrected chi connectivity index (χ1v) is 10.0. The molecule has 1 aromatic heterocycles. The molecule has 8 heteroatoms. The molecule has 144 valence electrons. The number of ether oxygens (including phenoxy) is 1. The maximum atomic E-state index is 10.6. The zero-order valence-corrected chi connectivity index (χ0v) is 17.2. The summed E-state index contributed by atoms with van der Waals surface area (Å²) in [6, 6.07) is 12.7. The molecule has 28 heavy (non-hydrogen) atoms. The molecule has 0 unspecified atom stereocenters. The second-order valence-electron chi connectivity index (χ2n) is 5.87. The van der Waals surface area contributed by atoms with E-state index >= 15 is 0 Å². The van der Waals surface area contributed by atoms with E-state index in [2.05, 4.69) is 9.97 Å². The molecule has 0 aliphatic rings. The lowest BCUT2D eigenvalue weighted by Crippen LogP contribution is -2.09. The summed E-state index contributed by atoms with van der Waals surface area (Å²) < 4.78 is 5.25. The van der Waals surface area contributed by atoms with E-state index in [0.717, 1.165) is 16.2 Å². The van der Waals surface area contributed by atoms with E-state index < -0.39 is 5.97 Å². The molecule has 0 amide bonds. The van der Waals surface area contributed by atoms with Crippen molar-refractivity contribution in [3.05, 3.63) is 70.0 Å². The van der Waals surface area contributed by atoms with Crippen molar-refractivity contribution in [3.63, 3.8) is 0 Å². The highest BCUT2D eigenvalue weighted by Crippen LogP contribution is 2.33. The van der Waals surface area contributed by atoms with Crippen molar-refractivity contribution in [2.75, 3.05) is 6.61 Å². The Labute approximate surface area is 176 Å². The summed E-state index contributed by atoms with van der Waals surface area (Å²) >= 11 is 14.1. The lowest BCUT2D eigenvalue weighted by Gasteiger charge is -2.10. The standard InChI is InChI=1S/C20H16Cl2N2O3S/c1-12-9-14(5-6-17(12)27-10-18(25)26)28-11-13-7-8-23-20(24-13)19-15(21)3-2-4-16(19)22/h2-9H,10-11H2,1H3,(H,25,26). The first kappa shape index (κ1) is 20.5. The molecule has 0 saturated heterocycles. The molecule has 0 bridgehead atoms. The van der Waals surface area contributed by atoms with E-state index in [-0.39, 0.29) is 6.61 Å². The van der Waals surface area contributed by atoms with Crippen LogP contribution in [-0.2, 0) is 10.5 Å². The number of thioether (sulfide) groups is 1. The van der Waals surface area contributed by atoms with E-state index in [0.29, 0.717) is 32.9 Å². The molecule has 0 aliphatic heterocycles. The molecule has 1 heterocycles. The quantitative estimate of drug-likeness (QED) is 0.493. The van der Waals surface area contributed by atoms with Gasteiger partial charge in [-0.25, -0.2) is 14.8 Å². The van der Waals surface area contributed by atoms with Crippen molar-refractivity contribution in [3.8, 4) is 17.1 Å². The zero-order chi connectivity index (χ0) is 20.1. The molecule has 0 saturated carbocycles. The Bertz CT molecular complexity index is 994. The van der Waals surface area contributed by atoms with Gasteiger partial charge in [0.15, 0.2) is 12.4 Å². The van der Waals surface area contributed by atoms with E-state index in [1.54, 1.807) is 42.2 Å². The number of hydrogen-bond acceptors (Lipinski definition) is 5. The van der Waals surface area contributed by atoms with Crippen molar-refractivity contribution >= 4 is 40.9 Å². The molecule has 0 radical (unpaired) electrons. The fourth-order valence-corrected chi connectivity index (χ4v) is 3.94. The Morgan fingerprint density at radius 1 is 1.18 bits per heavy atom. The van der Waals surface area contributed by atoms with Gasteiger partial charge < -0.3 is 9.84 Å². The number of benzene rings is 2. The topological polar surface area (TPSA) is 72.3 Å². The van der Waals surface area contributed by atoms with Crippen LogP contribution in [0, 0.1) is 6.92 Å². The number of hydrogen-bond donors (Lipinski definition) is 1. The summed E-state index contributed by atoms with van der Waals surface area (Å²) in [5, 5.41) is 9.72. The van der Waals surface area contributed by atoms with Crippen molar-refractivity contribution in [1.82, 2.24) is 9.97 Å². The van der Waals surface area contributed by atoms with E-state index in [4.69, 9.17) is 33.0 Å². The predicted octanol–water partition coefficient (Wildman–Crippen LogP) is 5.51. The third-order valence-corrected chi connectivity index (χ3v) is 5.44. The number of aryl methyl sites for hydroxylation is 1. The van der Waals surface area contributed by atoms with Gasteiger partial charge in [0.05, 0.1) is 21.3 Å². The monoisotopic (exact) mass is 434 g/mol. The normalized spacial score (nSPS) is 10.7. The summed E-state index contributed by atoms with van der Waals surface area (Å²) in [6.45, 7) is 1.52. The summed E-state index contributed by atoms with van der Waals surface area (Å²) in [5.74, 6) is 0.676. The van der Waals surface area contributed by atoms with Crippen LogP contribution in [0.15, 0.2) is 53.6 Å². The van der Waals surface area contributed by atoms with Gasteiger partial charge in [-0.05, 0) is 48.9 Å². The van der Waals surface area contributed by atoms with Crippen LogP contribution in [0.2, 0.25) is 10.0 Å². The molecule has 0 spiro atoms. The molecule has 3 rings (SSSR count). The van der Waals surface area contributed by atoms with Crippen LogP contribution in [0.4, 0.5) is 0 Å². The predicted molar refractivity (Wildman–Crippen MR) is 111 cm³/mol. The Balaban J connectivity index is 1.72. The highest BCUT2D eigenvalue weighted by Gasteiger charge is 2.12. The molecule has 2 aromatic carbocycles. The SMILES string of the molecule is Cc1cc(SCc2ccnc(-c3c(Cl)cccc3Cl)n2)ccc1OCC(=O)O. The van der Waals surface area contributed by atoms with Crippen LogP contribution in [0.5, 0.6) is 5.75 Å². The molecule has 0 fully saturated rings. The first-order valence-electron chi connectivity index (χ1n) is 8.28. The Kier molecular flexibility index (Phi) is 6.78. The number of halogens is 2. The maximum absolute atomic E-state index is 10.6. The largest absolute Gasteiger partial charge is 0.482 e. The highest BCUT2D eigenvalue weighted by molar-refractivity contribution is 7.98. The minimum absolute atomic E-state index is 0.359. The molecule has 0 atom stereocenters. The third kappa shape index (κ3) is 5.16. The van der Waals surface area contributed by atoms with Crippen molar-refractivity contribution in [2.24, 2.45) is 0 Å². The van der Waals surface area contributed by atoms with Gasteiger partial charge in [-0.15, -0.1) is 11.8 Å². The zero-order valence-electron chi connectivity index (χ0n) is 14.9. The second kappa shape index (κ2) is 9.28. The van der Waals surface area contributed by atoms with Gasteiger partial charge in [-0.1, -0.05) is 29.3 Å². The van der Waals surface area contributed by atoms with Crippen molar-refractivity contribution < 1.29 is 14.6 Å². The third-order valence-electron chi connectivity index (χ3n) is 3.78. The average Bonchev–Trinajstić information content (AvgIpc) is 2.66. The summed E-state index contributed by atoms with van der Waals surface area (Å²) in [7, 11) is 0. The lowest BCUT2D eigenvalue weighted by atomic mass is 10.2. The van der Waals surface area contributed by atoms with Crippen LogP contribution in [0.25, 0.3) is 11.4 Å². The van der Waals surface area contributed by atoms with Crippen LogP contribution < -0.4 is 4.74 Å². The molecule has 5 nitrogen and oxygen atoms in total. The molecular formula is C20H16Cl2N2O3S. The molecule has 3 aromatic rings. The van der Waals surface area contributed by atoms with Crippen LogP contribution in [0.3, 0.4) is 0 Å². The highest BCUT2D eigenvalue weighted by atomic mass is 35.5. The van der Waals surface area contributed by atoms with Gasteiger partial charge in [0.25, 0.3) is 0 Å². The summed E-state index contributed by atoms with van der Waals surface area (Å²) in [4.78, 5) is 20.5. The number of nitrogens with zero attached hydrogens (tertiary/aromatic N) is 2. The van der Waals surface area contributed by atoms with Gasteiger partial charge in [0.1, 0.15) is 5.75 Å². The average molecular weight is 435 g/mol. The lowest BCUT2D eigenvalue weighted by molar-refractivity contribution is -0.139. The van der Waals surface area contributed by atoms with Crippen LogP contribution in [0.1, 0.15) is 11.3 Å². The van der Waals surface area contributed by atoms with Gasteiger partial charge in [-0.3, -0.25) is 0 Å². The number of carboxylic acids is 1. The van der Waals surface area contributed by atoms with Crippen LogP contribution in [-0.4, -0.2) is 27.7 Å². The molecule has 1 N–H and O–H groups in total. The first-order chi connectivity index (χ1) is 13.4. The fraction of sp³-hybridized carbons (Fsp3) is 0.150. The van der Waals surface area contributed by atoms with E-state index in [1.165, 1.54) is 0 Å². The summed E-state index contributed by atoms with van der Waals surface area (Å²) in [6.07, 6.45) is 1.69. The minimum atomic E-state index is -1.00. The maximum Gasteiger partial charge on any atom is 0.341 e. The summed E-state index contributed by atoms with van der Waals surface area (Å²) in [5.41, 5.74) is 2.33. The number of aromatic nitrogens is 2. The Hall–Kier alpha value is -2.28. The van der Waals surface area contributed by atoms with Crippen molar-refractivity contribution in [2.45, 2.75) is 17.6 Å². The van der Waals surface area contributed by atoms with Gasteiger partial charge in [0.2, 0.25) is 0 Å². The van der Waals surface area contributed by atoms with Gasteiger partial charge >= 0.3 is 5.97 Å².